The Morgan fingerprint density at radius 2 is 2.00 bits per heavy atom. The molecule has 0 aliphatic rings. The van der Waals surface area contributed by atoms with E-state index in [-0.39, 0.29) is 12.4 Å². The summed E-state index contributed by atoms with van der Waals surface area (Å²) in [5, 5.41) is 0.994. The van der Waals surface area contributed by atoms with Crippen molar-refractivity contribution in [3.63, 3.8) is 0 Å². The van der Waals surface area contributed by atoms with Crippen molar-refractivity contribution >= 4 is 35.3 Å². The van der Waals surface area contributed by atoms with Gasteiger partial charge in [0.25, 0.3) is 0 Å². The fraction of sp³-hybridized carbons (Fsp3) is 0.182. The lowest BCUT2D eigenvalue weighted by molar-refractivity contribution is 0.415. The highest BCUT2D eigenvalue weighted by Gasteiger charge is 2.03. The van der Waals surface area contributed by atoms with E-state index in [1.54, 1.807) is 18.4 Å². The normalized spacial score (nSPS) is 9.62. The molecule has 0 radical (unpaired) electrons. The fourth-order valence-electron chi connectivity index (χ4n) is 1.24. The van der Waals surface area contributed by atoms with Crippen molar-refractivity contribution in [3.8, 4) is 16.3 Å². The van der Waals surface area contributed by atoms with Crippen LogP contribution in [0.25, 0.3) is 10.6 Å². The third-order valence-electron chi connectivity index (χ3n) is 2.02. The molecule has 0 saturated carbocycles. The second-order valence-electron chi connectivity index (χ2n) is 2.99. The summed E-state index contributed by atoms with van der Waals surface area (Å²) in [4.78, 5) is 5.39. The molecule has 0 fully saturated rings. The third-order valence-corrected chi connectivity index (χ3v) is 3.52. The molecule has 2 aromatic rings. The average Bonchev–Trinajstić information content (AvgIpc) is 2.78. The molecule has 0 bridgehead atoms. The zero-order chi connectivity index (χ0) is 10.7. The van der Waals surface area contributed by atoms with Crippen LogP contribution in [0.1, 0.15) is 4.88 Å². The quantitative estimate of drug-likeness (QED) is 0.791. The van der Waals surface area contributed by atoms with Gasteiger partial charge in [-0.25, -0.2) is 4.98 Å². The predicted molar refractivity (Wildman–Crippen MR) is 70.9 cm³/mol. The van der Waals surface area contributed by atoms with Crippen molar-refractivity contribution < 1.29 is 4.74 Å². The Labute approximate surface area is 110 Å². The summed E-state index contributed by atoms with van der Waals surface area (Å²) in [6.45, 7) is 0. The molecule has 0 saturated heterocycles. The summed E-state index contributed by atoms with van der Waals surface area (Å²) in [5.74, 6) is 1.38. The molecule has 0 aliphatic carbocycles. The highest BCUT2D eigenvalue weighted by molar-refractivity contribution is 7.15. The smallest absolute Gasteiger partial charge is 0.123 e. The van der Waals surface area contributed by atoms with E-state index in [1.807, 2.05) is 30.5 Å². The minimum atomic E-state index is 0. The van der Waals surface area contributed by atoms with E-state index < -0.39 is 0 Å². The van der Waals surface area contributed by atoms with Crippen molar-refractivity contribution in [3.05, 3.63) is 35.3 Å². The van der Waals surface area contributed by atoms with E-state index in [9.17, 15) is 0 Å². The molecule has 0 unspecified atom stereocenters. The number of halogens is 2. The van der Waals surface area contributed by atoms with Crippen molar-refractivity contribution in [1.29, 1.82) is 0 Å². The molecule has 0 spiro atoms. The van der Waals surface area contributed by atoms with Gasteiger partial charge >= 0.3 is 0 Å². The van der Waals surface area contributed by atoms with Gasteiger partial charge < -0.3 is 4.74 Å². The van der Waals surface area contributed by atoms with Gasteiger partial charge in [-0.1, -0.05) is 0 Å². The van der Waals surface area contributed by atoms with E-state index in [4.69, 9.17) is 16.3 Å². The number of nitrogens with zero attached hydrogens (tertiary/aromatic N) is 1. The van der Waals surface area contributed by atoms with Gasteiger partial charge in [-0.15, -0.1) is 35.3 Å². The molecular weight excluding hydrogens is 265 g/mol. The summed E-state index contributed by atoms with van der Waals surface area (Å²) < 4.78 is 5.09. The average molecular weight is 276 g/mol. The summed E-state index contributed by atoms with van der Waals surface area (Å²) in [6.07, 6.45) is 1.82. The van der Waals surface area contributed by atoms with Crippen molar-refractivity contribution in [2.75, 3.05) is 7.11 Å². The number of ether oxygens (including phenoxy) is 1. The van der Waals surface area contributed by atoms with Gasteiger partial charge in [-0.2, -0.15) is 0 Å². The number of alkyl halides is 1. The van der Waals surface area contributed by atoms with Crippen LogP contribution in [-0.2, 0) is 5.88 Å². The number of rotatable bonds is 3. The van der Waals surface area contributed by atoms with E-state index >= 15 is 0 Å². The first-order chi connectivity index (χ1) is 7.33. The van der Waals surface area contributed by atoms with Gasteiger partial charge in [-0.05, 0) is 24.3 Å². The molecule has 2 rings (SSSR count). The molecule has 0 atom stereocenters. The van der Waals surface area contributed by atoms with Gasteiger partial charge in [0.2, 0.25) is 0 Å². The zero-order valence-electron chi connectivity index (χ0n) is 8.64. The van der Waals surface area contributed by atoms with E-state index in [2.05, 4.69) is 4.98 Å². The molecule has 16 heavy (non-hydrogen) atoms. The van der Waals surface area contributed by atoms with Gasteiger partial charge in [0.1, 0.15) is 10.8 Å². The molecule has 1 heterocycles. The Hall–Kier alpha value is -0.770. The molecule has 5 heteroatoms. The van der Waals surface area contributed by atoms with Crippen LogP contribution in [0.2, 0.25) is 0 Å². The van der Waals surface area contributed by atoms with Crippen molar-refractivity contribution in [2.24, 2.45) is 0 Å². The predicted octanol–water partition coefficient (Wildman–Crippen LogP) is 3.98. The lowest BCUT2D eigenvalue weighted by atomic mass is 10.2. The largest absolute Gasteiger partial charge is 0.497 e. The summed E-state index contributed by atoms with van der Waals surface area (Å²) >= 11 is 7.34. The number of thiazole rings is 1. The maximum absolute atomic E-state index is 5.73. The monoisotopic (exact) mass is 275 g/mol. The van der Waals surface area contributed by atoms with E-state index in [0.717, 1.165) is 21.2 Å². The Morgan fingerprint density at radius 3 is 2.50 bits per heavy atom. The maximum Gasteiger partial charge on any atom is 0.123 e. The Bertz CT molecular complexity index is 442. The van der Waals surface area contributed by atoms with Crippen LogP contribution in [0.5, 0.6) is 5.75 Å². The molecule has 1 aromatic heterocycles. The summed E-state index contributed by atoms with van der Waals surface area (Å²) in [5.41, 5.74) is 1.09. The first-order valence-electron chi connectivity index (χ1n) is 4.48. The Morgan fingerprint density at radius 1 is 1.31 bits per heavy atom. The molecule has 0 aliphatic heterocycles. The number of aromatic nitrogens is 1. The lowest BCUT2D eigenvalue weighted by Gasteiger charge is -1.99. The Balaban J connectivity index is 0.00000128. The van der Waals surface area contributed by atoms with Gasteiger partial charge in [0.05, 0.1) is 13.0 Å². The highest BCUT2D eigenvalue weighted by atomic mass is 35.5. The zero-order valence-corrected chi connectivity index (χ0v) is 11.0. The first-order valence-corrected chi connectivity index (χ1v) is 5.83. The molecule has 0 N–H and O–H groups in total. The molecular formula is C11H11Cl2NOS. The molecule has 0 amide bonds. The molecule has 1 aromatic carbocycles. The number of hydrogen-bond acceptors (Lipinski definition) is 3. The van der Waals surface area contributed by atoms with Crippen LogP contribution >= 0.6 is 35.3 Å². The first kappa shape index (κ1) is 13.3. The number of hydrogen-bond donors (Lipinski definition) is 0. The maximum atomic E-state index is 5.73. The topological polar surface area (TPSA) is 22.1 Å². The van der Waals surface area contributed by atoms with Crippen LogP contribution in [0, 0.1) is 0 Å². The fourth-order valence-corrected chi connectivity index (χ4v) is 2.24. The highest BCUT2D eigenvalue weighted by Crippen LogP contribution is 2.27. The molecule has 86 valence electrons. The SMILES string of the molecule is COc1ccc(-c2ncc(CCl)s2)cc1.Cl. The van der Waals surface area contributed by atoms with Crippen molar-refractivity contribution in [2.45, 2.75) is 5.88 Å². The number of methoxy groups -OCH3 is 1. The Kier molecular flexibility index (Phi) is 5.06. The minimum absolute atomic E-state index is 0. The summed E-state index contributed by atoms with van der Waals surface area (Å²) in [7, 11) is 1.66. The minimum Gasteiger partial charge on any atom is -0.497 e. The van der Waals surface area contributed by atoms with Crippen molar-refractivity contribution in [1.82, 2.24) is 4.98 Å². The van der Waals surface area contributed by atoms with E-state index in [1.165, 1.54) is 0 Å². The van der Waals surface area contributed by atoms with Crippen LogP contribution in [-0.4, -0.2) is 12.1 Å². The van der Waals surface area contributed by atoms with Gasteiger partial charge in [0.15, 0.2) is 0 Å². The van der Waals surface area contributed by atoms with Crippen LogP contribution in [0.4, 0.5) is 0 Å². The molecule has 2 nitrogen and oxygen atoms in total. The van der Waals surface area contributed by atoms with Crippen LogP contribution in [0.3, 0.4) is 0 Å². The standard InChI is InChI=1S/C11H10ClNOS.ClH/c1-14-9-4-2-8(3-5-9)11-13-7-10(6-12)15-11;/h2-5,7H,6H2,1H3;1H. The van der Waals surface area contributed by atoms with Gasteiger partial charge in [-0.3, -0.25) is 0 Å². The summed E-state index contributed by atoms with van der Waals surface area (Å²) in [6, 6.07) is 7.85. The second-order valence-corrected chi connectivity index (χ2v) is 4.38. The van der Waals surface area contributed by atoms with Crippen LogP contribution < -0.4 is 4.74 Å². The second kappa shape index (κ2) is 6.09. The third kappa shape index (κ3) is 2.88. The van der Waals surface area contributed by atoms with E-state index in [0.29, 0.717) is 5.88 Å². The number of benzene rings is 1. The van der Waals surface area contributed by atoms with Crippen LogP contribution in [0.15, 0.2) is 30.5 Å². The van der Waals surface area contributed by atoms with Gasteiger partial charge in [0, 0.05) is 16.6 Å². The lowest BCUT2D eigenvalue weighted by Crippen LogP contribution is -1.81.